The summed E-state index contributed by atoms with van der Waals surface area (Å²) in [6.45, 7) is 2.94. The summed E-state index contributed by atoms with van der Waals surface area (Å²) < 4.78 is 7.98. The maximum atomic E-state index is 13.3. The second-order valence-corrected chi connectivity index (χ2v) is 9.14. The number of rotatable bonds is 6. The number of halogens is 1. The SMILES string of the molecule is Cc1cc(OCCn2cc(/C=C3\C(=O)NC(=S)N(c4ccccc4)C3=O)c3ccccc32)ccc1Cl. The largest absolute Gasteiger partial charge is 0.492 e. The Morgan fingerprint density at radius 2 is 1.78 bits per heavy atom. The maximum absolute atomic E-state index is 13.3. The highest BCUT2D eigenvalue weighted by Gasteiger charge is 2.34. The van der Waals surface area contributed by atoms with E-state index >= 15 is 0 Å². The first-order valence-electron chi connectivity index (χ1n) is 11.4. The van der Waals surface area contributed by atoms with E-state index in [0.717, 1.165) is 27.8 Å². The van der Waals surface area contributed by atoms with Crippen LogP contribution in [0.5, 0.6) is 5.75 Å². The number of fused-ring (bicyclic) bond motifs is 1. The summed E-state index contributed by atoms with van der Waals surface area (Å²) >= 11 is 11.4. The highest BCUT2D eigenvalue weighted by molar-refractivity contribution is 7.80. The summed E-state index contributed by atoms with van der Waals surface area (Å²) in [7, 11) is 0. The number of carbonyl (C=O) groups excluding carboxylic acids is 2. The van der Waals surface area contributed by atoms with Gasteiger partial charge in [0.15, 0.2) is 5.11 Å². The lowest BCUT2D eigenvalue weighted by atomic mass is 10.1. The highest BCUT2D eigenvalue weighted by atomic mass is 35.5. The second-order valence-electron chi connectivity index (χ2n) is 8.35. The predicted octanol–water partition coefficient (Wildman–Crippen LogP) is 5.51. The first-order valence-corrected chi connectivity index (χ1v) is 12.1. The van der Waals surface area contributed by atoms with Gasteiger partial charge in [0.1, 0.15) is 17.9 Å². The summed E-state index contributed by atoms with van der Waals surface area (Å²) in [5, 5.41) is 4.32. The molecule has 8 heteroatoms. The molecular weight excluding hydrogens is 494 g/mol. The van der Waals surface area contributed by atoms with Crippen LogP contribution in [0.3, 0.4) is 0 Å². The lowest BCUT2D eigenvalue weighted by Gasteiger charge is -2.28. The van der Waals surface area contributed by atoms with Crippen molar-refractivity contribution < 1.29 is 14.3 Å². The molecule has 180 valence electrons. The van der Waals surface area contributed by atoms with Crippen LogP contribution >= 0.6 is 23.8 Å². The number of hydrogen-bond donors (Lipinski definition) is 1. The van der Waals surface area contributed by atoms with Gasteiger partial charge in [0.25, 0.3) is 11.8 Å². The van der Waals surface area contributed by atoms with E-state index in [1.54, 1.807) is 18.2 Å². The molecule has 1 fully saturated rings. The molecule has 4 aromatic rings. The normalized spacial score (nSPS) is 15.0. The Morgan fingerprint density at radius 3 is 2.56 bits per heavy atom. The van der Waals surface area contributed by atoms with Crippen LogP contribution in [0.15, 0.2) is 84.6 Å². The van der Waals surface area contributed by atoms with Crippen molar-refractivity contribution in [2.24, 2.45) is 0 Å². The minimum absolute atomic E-state index is 0.0169. The molecule has 1 aliphatic heterocycles. The summed E-state index contributed by atoms with van der Waals surface area (Å²) in [6, 6.07) is 22.4. The Labute approximate surface area is 218 Å². The molecule has 1 aliphatic rings. The predicted molar refractivity (Wildman–Crippen MR) is 146 cm³/mol. The van der Waals surface area contributed by atoms with Crippen LogP contribution in [-0.4, -0.2) is 28.1 Å². The van der Waals surface area contributed by atoms with Gasteiger partial charge in [0.2, 0.25) is 0 Å². The summed E-state index contributed by atoms with van der Waals surface area (Å²) in [6.07, 6.45) is 3.55. The summed E-state index contributed by atoms with van der Waals surface area (Å²) in [5.74, 6) is -0.235. The Morgan fingerprint density at radius 1 is 1.03 bits per heavy atom. The molecule has 3 aromatic carbocycles. The Hall–Kier alpha value is -3.94. The molecule has 1 N–H and O–H groups in total. The van der Waals surface area contributed by atoms with Gasteiger partial charge < -0.3 is 9.30 Å². The van der Waals surface area contributed by atoms with Crippen molar-refractivity contribution in [3.63, 3.8) is 0 Å². The van der Waals surface area contributed by atoms with Crippen molar-refractivity contribution in [2.45, 2.75) is 13.5 Å². The number of aromatic nitrogens is 1. The second kappa shape index (κ2) is 9.97. The van der Waals surface area contributed by atoms with E-state index in [0.29, 0.717) is 23.9 Å². The van der Waals surface area contributed by atoms with E-state index in [9.17, 15) is 9.59 Å². The lowest BCUT2D eigenvalue weighted by molar-refractivity contribution is -0.122. The molecular formula is C28H22ClN3O3S. The van der Waals surface area contributed by atoms with E-state index in [1.165, 1.54) is 4.90 Å². The molecule has 1 aromatic heterocycles. The monoisotopic (exact) mass is 515 g/mol. The Balaban J connectivity index is 1.44. The minimum atomic E-state index is -0.518. The van der Waals surface area contributed by atoms with Crippen molar-refractivity contribution in [2.75, 3.05) is 11.5 Å². The molecule has 36 heavy (non-hydrogen) atoms. The fraction of sp³-hybridized carbons (Fsp3) is 0.107. The van der Waals surface area contributed by atoms with Crippen LogP contribution in [0.1, 0.15) is 11.1 Å². The van der Waals surface area contributed by atoms with E-state index in [1.807, 2.05) is 73.8 Å². The molecule has 0 aliphatic carbocycles. The average Bonchev–Trinajstić information content (AvgIpc) is 3.22. The van der Waals surface area contributed by atoms with Gasteiger partial charge in [0, 0.05) is 27.7 Å². The zero-order valence-corrected chi connectivity index (χ0v) is 21.0. The number of benzene rings is 3. The third kappa shape index (κ3) is 4.63. The van der Waals surface area contributed by atoms with Gasteiger partial charge in [-0.1, -0.05) is 48.0 Å². The Kier molecular flexibility index (Phi) is 6.59. The number of carbonyl (C=O) groups is 2. The quantitative estimate of drug-likeness (QED) is 0.209. The van der Waals surface area contributed by atoms with Crippen molar-refractivity contribution in [3.8, 4) is 5.75 Å². The number of amides is 2. The smallest absolute Gasteiger partial charge is 0.270 e. The van der Waals surface area contributed by atoms with Crippen molar-refractivity contribution >= 4 is 63.4 Å². The molecule has 0 radical (unpaired) electrons. The van der Waals surface area contributed by atoms with Crippen LogP contribution in [0.2, 0.25) is 5.02 Å². The number of nitrogens with zero attached hydrogens (tertiary/aromatic N) is 2. The van der Waals surface area contributed by atoms with E-state index < -0.39 is 11.8 Å². The van der Waals surface area contributed by atoms with Gasteiger partial charge in [-0.15, -0.1) is 0 Å². The molecule has 6 nitrogen and oxygen atoms in total. The molecule has 0 saturated carbocycles. The number of para-hydroxylation sites is 2. The molecule has 0 atom stereocenters. The molecule has 0 unspecified atom stereocenters. The minimum Gasteiger partial charge on any atom is -0.492 e. The first-order chi connectivity index (χ1) is 17.4. The summed E-state index contributed by atoms with van der Waals surface area (Å²) in [4.78, 5) is 27.5. The van der Waals surface area contributed by atoms with Crippen molar-refractivity contribution in [1.82, 2.24) is 9.88 Å². The van der Waals surface area contributed by atoms with Crippen LogP contribution in [-0.2, 0) is 16.1 Å². The van der Waals surface area contributed by atoms with Gasteiger partial charge >= 0.3 is 0 Å². The van der Waals surface area contributed by atoms with Crippen LogP contribution in [0, 0.1) is 6.92 Å². The molecule has 0 bridgehead atoms. The van der Waals surface area contributed by atoms with Crippen LogP contribution < -0.4 is 15.0 Å². The first kappa shape index (κ1) is 23.8. The molecule has 2 heterocycles. The summed E-state index contributed by atoms with van der Waals surface area (Å²) in [5.41, 5.74) is 3.29. The standard InChI is InChI=1S/C28H22ClN3O3S/c1-18-15-21(11-12-24(18)29)35-14-13-31-17-19(22-9-5-6-10-25(22)31)16-23-26(33)30-28(36)32(27(23)34)20-7-3-2-4-8-20/h2-12,15-17H,13-14H2,1H3,(H,30,33,36)/b23-16+. The third-order valence-electron chi connectivity index (χ3n) is 5.97. The highest BCUT2D eigenvalue weighted by Crippen LogP contribution is 2.27. The molecule has 5 rings (SSSR count). The number of thiocarbonyl (C=S) groups is 1. The number of nitrogens with one attached hydrogen (secondary N) is 1. The van der Waals surface area contributed by atoms with Crippen LogP contribution in [0.4, 0.5) is 5.69 Å². The van der Waals surface area contributed by atoms with Crippen molar-refractivity contribution in [1.29, 1.82) is 0 Å². The number of anilines is 1. The average molecular weight is 516 g/mol. The van der Waals surface area contributed by atoms with E-state index in [-0.39, 0.29) is 10.7 Å². The fourth-order valence-corrected chi connectivity index (χ4v) is 4.57. The number of hydrogen-bond acceptors (Lipinski definition) is 4. The van der Waals surface area contributed by atoms with Gasteiger partial charge in [-0.3, -0.25) is 19.8 Å². The molecule has 1 saturated heterocycles. The number of ether oxygens (including phenoxy) is 1. The fourth-order valence-electron chi connectivity index (χ4n) is 4.17. The van der Waals surface area contributed by atoms with Gasteiger partial charge in [0.05, 0.1) is 12.2 Å². The third-order valence-corrected chi connectivity index (χ3v) is 6.67. The molecule has 0 spiro atoms. The zero-order valence-electron chi connectivity index (χ0n) is 19.4. The zero-order chi connectivity index (χ0) is 25.2. The van der Waals surface area contributed by atoms with Gasteiger partial charge in [-0.05, 0) is 67.2 Å². The topological polar surface area (TPSA) is 63.6 Å². The Bertz CT molecular complexity index is 1530. The van der Waals surface area contributed by atoms with Crippen molar-refractivity contribution in [3.05, 3.63) is 101 Å². The van der Waals surface area contributed by atoms with Gasteiger partial charge in [-0.25, -0.2) is 0 Å². The number of aryl methyl sites for hydroxylation is 1. The lowest BCUT2D eigenvalue weighted by Crippen LogP contribution is -2.54. The maximum Gasteiger partial charge on any atom is 0.270 e. The van der Waals surface area contributed by atoms with E-state index in [4.69, 9.17) is 28.6 Å². The van der Waals surface area contributed by atoms with E-state index in [2.05, 4.69) is 9.88 Å². The van der Waals surface area contributed by atoms with Crippen LogP contribution in [0.25, 0.3) is 17.0 Å². The van der Waals surface area contributed by atoms with Gasteiger partial charge in [-0.2, -0.15) is 0 Å². The molecule has 2 amide bonds.